The highest BCUT2D eigenvalue weighted by molar-refractivity contribution is 6.06. The molecule has 0 spiro atoms. The largest absolute Gasteiger partial charge is 0.476 e. The molecule has 1 amide bonds. The molecule has 7 rings (SSSR count). The van der Waals surface area contributed by atoms with Crippen molar-refractivity contribution in [2.24, 2.45) is 0 Å². The van der Waals surface area contributed by atoms with E-state index in [0.29, 0.717) is 16.9 Å². The van der Waals surface area contributed by atoms with Gasteiger partial charge in [0.25, 0.3) is 5.91 Å². The summed E-state index contributed by atoms with van der Waals surface area (Å²) in [5, 5.41) is 13.3. The number of carboxylic acids is 1. The van der Waals surface area contributed by atoms with Gasteiger partial charge in [-0.3, -0.25) is 4.79 Å². The first-order valence-corrected chi connectivity index (χ1v) is 11.8. The van der Waals surface area contributed by atoms with E-state index < -0.39 is 5.97 Å². The number of nitrogens with zero attached hydrogens (tertiary/aromatic N) is 3. The second kappa shape index (κ2) is 7.89. The Labute approximate surface area is 210 Å². The molecule has 8 heteroatoms. The van der Waals surface area contributed by atoms with E-state index >= 15 is 0 Å². The second-order valence-electron chi connectivity index (χ2n) is 8.98. The molecule has 1 aliphatic rings. The lowest BCUT2D eigenvalue weighted by Gasteiger charge is -2.17. The van der Waals surface area contributed by atoms with Crippen LogP contribution in [0.5, 0.6) is 0 Å². The molecule has 4 heterocycles. The molecule has 1 unspecified atom stereocenters. The highest BCUT2D eigenvalue weighted by Crippen LogP contribution is 2.48. The lowest BCUT2D eigenvalue weighted by molar-refractivity contribution is 0.0691. The fraction of sp³-hybridized carbons (Fsp3) is 0.0345. The third kappa shape index (κ3) is 3.23. The number of hydrogen-bond acceptors (Lipinski definition) is 4. The molecule has 4 aromatic heterocycles. The highest BCUT2D eigenvalue weighted by atomic mass is 16.4. The number of imidazole rings is 1. The molecular formula is C29H19N5O3. The minimum absolute atomic E-state index is 0.00351. The monoisotopic (exact) mass is 485 g/mol. The number of aromatic amines is 1. The van der Waals surface area contributed by atoms with Crippen LogP contribution in [-0.2, 0) is 0 Å². The zero-order valence-electron chi connectivity index (χ0n) is 19.3. The van der Waals surface area contributed by atoms with Crippen molar-refractivity contribution in [3.8, 4) is 22.3 Å². The van der Waals surface area contributed by atoms with Crippen LogP contribution in [0, 0.1) is 0 Å². The summed E-state index contributed by atoms with van der Waals surface area (Å²) in [6.45, 7) is 0. The highest BCUT2D eigenvalue weighted by Gasteiger charge is 2.32. The van der Waals surface area contributed by atoms with Crippen LogP contribution in [0.15, 0.2) is 91.5 Å². The van der Waals surface area contributed by atoms with Crippen molar-refractivity contribution in [1.29, 1.82) is 0 Å². The number of amides is 1. The Kier molecular flexibility index (Phi) is 4.49. The van der Waals surface area contributed by atoms with E-state index in [1.165, 1.54) is 6.20 Å². The van der Waals surface area contributed by atoms with Crippen LogP contribution < -0.4 is 5.32 Å². The molecule has 0 aliphatic heterocycles. The van der Waals surface area contributed by atoms with Gasteiger partial charge in [0.05, 0.1) is 11.6 Å². The van der Waals surface area contributed by atoms with Crippen molar-refractivity contribution in [3.05, 3.63) is 114 Å². The Hall–Kier alpha value is -5.24. The Morgan fingerprint density at radius 1 is 0.919 bits per heavy atom. The molecule has 0 bridgehead atoms. The zero-order valence-corrected chi connectivity index (χ0v) is 19.3. The molecule has 0 saturated heterocycles. The molecule has 8 nitrogen and oxygen atoms in total. The number of benzene rings is 2. The first kappa shape index (κ1) is 21.1. The van der Waals surface area contributed by atoms with Crippen LogP contribution in [0.1, 0.15) is 38.0 Å². The van der Waals surface area contributed by atoms with Crippen LogP contribution in [0.2, 0.25) is 0 Å². The Morgan fingerprint density at radius 2 is 1.76 bits per heavy atom. The van der Waals surface area contributed by atoms with Crippen LogP contribution >= 0.6 is 0 Å². The molecular weight excluding hydrogens is 466 g/mol. The summed E-state index contributed by atoms with van der Waals surface area (Å²) in [6, 6.07) is 21.2. The number of carbonyl (C=O) groups excluding carboxylic acids is 1. The average molecular weight is 486 g/mol. The maximum atomic E-state index is 13.5. The first-order chi connectivity index (χ1) is 18.1. The summed E-state index contributed by atoms with van der Waals surface area (Å²) in [7, 11) is 0. The van der Waals surface area contributed by atoms with Crippen LogP contribution in [0.3, 0.4) is 0 Å². The van der Waals surface area contributed by atoms with Gasteiger partial charge in [0, 0.05) is 30.2 Å². The molecule has 0 fully saturated rings. The van der Waals surface area contributed by atoms with Crippen molar-refractivity contribution >= 4 is 28.6 Å². The van der Waals surface area contributed by atoms with Gasteiger partial charge in [-0.1, -0.05) is 42.5 Å². The molecule has 0 saturated carbocycles. The third-order valence-electron chi connectivity index (χ3n) is 6.91. The van der Waals surface area contributed by atoms with Gasteiger partial charge in [0.1, 0.15) is 11.3 Å². The van der Waals surface area contributed by atoms with E-state index in [4.69, 9.17) is 0 Å². The van der Waals surface area contributed by atoms with E-state index in [9.17, 15) is 14.7 Å². The number of rotatable bonds is 4. The van der Waals surface area contributed by atoms with Gasteiger partial charge in [0.2, 0.25) is 0 Å². The third-order valence-corrected chi connectivity index (χ3v) is 6.91. The molecule has 37 heavy (non-hydrogen) atoms. The van der Waals surface area contributed by atoms with Crippen LogP contribution in [0.25, 0.3) is 38.9 Å². The predicted octanol–water partition coefficient (Wildman–Crippen LogP) is 5.08. The summed E-state index contributed by atoms with van der Waals surface area (Å²) >= 11 is 0. The van der Waals surface area contributed by atoms with Crippen LogP contribution in [0.4, 0.5) is 0 Å². The van der Waals surface area contributed by atoms with Gasteiger partial charge < -0.3 is 19.8 Å². The van der Waals surface area contributed by atoms with Crippen LogP contribution in [-0.4, -0.2) is 36.3 Å². The fourth-order valence-electron chi connectivity index (χ4n) is 5.27. The minimum Gasteiger partial charge on any atom is -0.476 e. The van der Waals surface area contributed by atoms with E-state index in [2.05, 4.69) is 26.3 Å². The van der Waals surface area contributed by atoms with E-state index in [1.807, 2.05) is 60.8 Å². The maximum Gasteiger partial charge on any atom is 0.356 e. The number of aromatic carboxylic acids is 1. The summed E-state index contributed by atoms with van der Waals surface area (Å²) in [6.07, 6.45) is 6.80. The summed E-state index contributed by atoms with van der Waals surface area (Å²) < 4.78 is 1.73. The zero-order chi connectivity index (χ0) is 25.1. The van der Waals surface area contributed by atoms with E-state index in [-0.39, 0.29) is 17.6 Å². The second-order valence-corrected chi connectivity index (χ2v) is 8.98. The molecule has 1 atom stereocenters. The standard InChI is InChI=1S/C29H19N5O3/c35-28(21-11-13-31-27-20(21)10-12-30-27)33-26-19-5-2-1-4-18(19)25-17(6-3-7-22(25)26)16-8-9-24-32-23(29(36)37)15-34(24)14-16/h1-15,26H,(H,30,31)(H,33,35)(H,36,37). The Balaban J connectivity index is 1.34. The molecule has 2 aromatic carbocycles. The summed E-state index contributed by atoms with van der Waals surface area (Å²) in [5.74, 6) is -1.24. The number of aromatic nitrogens is 4. The van der Waals surface area contributed by atoms with Gasteiger partial charge in [-0.25, -0.2) is 14.8 Å². The SMILES string of the molecule is O=C(O)c1cn2cc(-c3cccc4c3-c3ccccc3C4NC(=O)c3ccnc4[nH]ccc34)ccc2n1. The van der Waals surface area contributed by atoms with Gasteiger partial charge in [-0.15, -0.1) is 0 Å². The van der Waals surface area contributed by atoms with Gasteiger partial charge in [0.15, 0.2) is 5.69 Å². The molecule has 0 radical (unpaired) electrons. The Bertz CT molecular complexity index is 1880. The van der Waals surface area contributed by atoms with Crippen molar-refractivity contribution < 1.29 is 14.7 Å². The number of pyridine rings is 2. The molecule has 6 aromatic rings. The van der Waals surface area contributed by atoms with E-state index in [1.54, 1.807) is 22.9 Å². The predicted molar refractivity (Wildman–Crippen MR) is 138 cm³/mol. The van der Waals surface area contributed by atoms with Gasteiger partial charge in [-0.05, 0) is 57.6 Å². The quantitative estimate of drug-likeness (QED) is 0.323. The maximum absolute atomic E-state index is 13.5. The fourth-order valence-corrected chi connectivity index (χ4v) is 5.27. The Morgan fingerprint density at radius 3 is 2.65 bits per heavy atom. The number of hydrogen-bond donors (Lipinski definition) is 3. The van der Waals surface area contributed by atoms with Crippen molar-refractivity contribution in [1.82, 2.24) is 24.7 Å². The number of fused-ring (bicyclic) bond motifs is 5. The summed E-state index contributed by atoms with van der Waals surface area (Å²) in [4.78, 5) is 36.4. The van der Waals surface area contributed by atoms with Crippen molar-refractivity contribution in [2.45, 2.75) is 6.04 Å². The number of carboxylic acid groups (broad SMARTS) is 1. The van der Waals surface area contributed by atoms with Crippen molar-refractivity contribution in [2.75, 3.05) is 0 Å². The topological polar surface area (TPSA) is 112 Å². The average Bonchev–Trinajstić information content (AvgIpc) is 3.64. The number of H-pyrrole nitrogens is 1. The minimum atomic E-state index is -1.07. The van der Waals surface area contributed by atoms with E-state index in [0.717, 1.165) is 38.8 Å². The molecule has 1 aliphatic carbocycles. The lowest BCUT2D eigenvalue weighted by atomic mass is 9.95. The normalized spacial score (nSPS) is 14.0. The molecule has 178 valence electrons. The van der Waals surface area contributed by atoms with Crippen molar-refractivity contribution in [3.63, 3.8) is 0 Å². The smallest absolute Gasteiger partial charge is 0.356 e. The van der Waals surface area contributed by atoms with Gasteiger partial charge in [-0.2, -0.15) is 0 Å². The molecule has 3 N–H and O–H groups in total. The summed E-state index contributed by atoms with van der Waals surface area (Å²) in [5.41, 5.74) is 7.83. The number of nitrogens with one attached hydrogen (secondary N) is 2. The number of carbonyl (C=O) groups is 2. The first-order valence-electron chi connectivity index (χ1n) is 11.8. The lowest BCUT2D eigenvalue weighted by Crippen LogP contribution is -2.28. The van der Waals surface area contributed by atoms with Gasteiger partial charge >= 0.3 is 5.97 Å².